The van der Waals surface area contributed by atoms with Gasteiger partial charge in [-0.15, -0.1) is 0 Å². The van der Waals surface area contributed by atoms with Crippen molar-refractivity contribution in [1.82, 2.24) is 5.32 Å². The van der Waals surface area contributed by atoms with E-state index in [0.29, 0.717) is 12.0 Å². The minimum atomic E-state index is -0.883. The first-order chi connectivity index (χ1) is 7.04. The summed E-state index contributed by atoms with van der Waals surface area (Å²) in [6.07, 6.45) is 0.364. The van der Waals surface area contributed by atoms with Crippen molar-refractivity contribution in [2.24, 2.45) is 0 Å². The Hall–Kier alpha value is -1.29. The van der Waals surface area contributed by atoms with Gasteiger partial charge in [0.05, 0.1) is 6.04 Å². The average molecular weight is 213 g/mol. The lowest BCUT2D eigenvalue weighted by Gasteiger charge is -2.12. The quantitative estimate of drug-likeness (QED) is 0.824. The van der Waals surface area contributed by atoms with Crippen molar-refractivity contribution in [2.75, 3.05) is 7.05 Å². The standard InChI is InChI=1S/C11H13F2NO/c1-7(15)11(14-2)6-8-3-4-9(12)10(13)5-8/h3-5,11,14H,6H2,1-2H3/t11-/m0/s1. The smallest absolute Gasteiger partial charge is 0.159 e. The first-order valence-corrected chi connectivity index (χ1v) is 4.66. The molecule has 2 nitrogen and oxygen atoms in total. The highest BCUT2D eigenvalue weighted by atomic mass is 19.2. The van der Waals surface area contributed by atoms with Crippen LogP contribution in [0.3, 0.4) is 0 Å². The second kappa shape index (κ2) is 4.98. The van der Waals surface area contributed by atoms with E-state index < -0.39 is 11.6 Å². The maximum atomic E-state index is 12.9. The first kappa shape index (κ1) is 11.8. The number of benzene rings is 1. The molecule has 1 atom stereocenters. The molecule has 0 fully saturated rings. The van der Waals surface area contributed by atoms with Gasteiger partial charge >= 0.3 is 0 Å². The number of nitrogens with one attached hydrogen (secondary N) is 1. The first-order valence-electron chi connectivity index (χ1n) is 4.66. The summed E-state index contributed by atoms with van der Waals surface area (Å²) in [7, 11) is 1.66. The molecule has 1 rings (SSSR count). The van der Waals surface area contributed by atoms with Gasteiger partial charge in [-0.2, -0.15) is 0 Å². The van der Waals surface area contributed by atoms with E-state index >= 15 is 0 Å². The molecule has 0 aliphatic rings. The topological polar surface area (TPSA) is 29.1 Å². The number of carbonyl (C=O) groups is 1. The van der Waals surface area contributed by atoms with E-state index in [1.54, 1.807) is 7.05 Å². The zero-order valence-electron chi connectivity index (χ0n) is 8.68. The van der Waals surface area contributed by atoms with Crippen molar-refractivity contribution in [3.05, 3.63) is 35.4 Å². The normalized spacial score (nSPS) is 12.5. The number of ketones is 1. The van der Waals surface area contributed by atoms with Gasteiger partial charge < -0.3 is 5.32 Å². The van der Waals surface area contributed by atoms with Crippen molar-refractivity contribution in [3.8, 4) is 0 Å². The summed E-state index contributed by atoms with van der Waals surface area (Å²) in [5, 5.41) is 2.82. The lowest BCUT2D eigenvalue weighted by molar-refractivity contribution is -0.118. The van der Waals surface area contributed by atoms with Crippen molar-refractivity contribution in [2.45, 2.75) is 19.4 Å². The molecule has 0 heterocycles. The molecule has 82 valence electrons. The summed E-state index contributed by atoms with van der Waals surface area (Å²) in [5.74, 6) is -1.78. The molecule has 0 bridgehead atoms. The van der Waals surface area contributed by atoms with E-state index in [-0.39, 0.29) is 11.8 Å². The van der Waals surface area contributed by atoms with Gasteiger partial charge in [-0.05, 0) is 38.1 Å². The van der Waals surface area contributed by atoms with E-state index in [0.717, 1.165) is 12.1 Å². The highest BCUT2D eigenvalue weighted by Crippen LogP contribution is 2.10. The van der Waals surface area contributed by atoms with Gasteiger partial charge in [0, 0.05) is 0 Å². The van der Waals surface area contributed by atoms with Crippen LogP contribution in [0.15, 0.2) is 18.2 Å². The number of carbonyl (C=O) groups excluding carboxylic acids is 1. The van der Waals surface area contributed by atoms with Gasteiger partial charge in [0.15, 0.2) is 11.6 Å². The Morgan fingerprint density at radius 1 is 1.40 bits per heavy atom. The van der Waals surface area contributed by atoms with Crippen LogP contribution in [0.1, 0.15) is 12.5 Å². The van der Waals surface area contributed by atoms with Crippen LogP contribution in [0.4, 0.5) is 8.78 Å². The fourth-order valence-corrected chi connectivity index (χ4v) is 1.35. The average Bonchev–Trinajstić information content (AvgIpc) is 2.19. The lowest BCUT2D eigenvalue weighted by atomic mass is 10.0. The minimum absolute atomic E-state index is 0.0257. The molecule has 1 aromatic rings. The third kappa shape index (κ3) is 3.09. The van der Waals surface area contributed by atoms with Crippen LogP contribution in [0, 0.1) is 11.6 Å². The van der Waals surface area contributed by atoms with Crippen LogP contribution >= 0.6 is 0 Å². The van der Waals surface area contributed by atoms with Crippen molar-refractivity contribution in [3.63, 3.8) is 0 Å². The molecule has 0 aromatic heterocycles. The van der Waals surface area contributed by atoms with Gasteiger partial charge in [0.1, 0.15) is 5.78 Å². The van der Waals surface area contributed by atoms with E-state index in [9.17, 15) is 13.6 Å². The number of rotatable bonds is 4. The molecule has 0 saturated heterocycles. The zero-order valence-corrected chi connectivity index (χ0v) is 8.68. The summed E-state index contributed by atoms with van der Waals surface area (Å²) in [6, 6.07) is 3.31. The van der Waals surface area contributed by atoms with E-state index in [2.05, 4.69) is 5.32 Å². The zero-order chi connectivity index (χ0) is 11.4. The van der Waals surface area contributed by atoms with Gasteiger partial charge in [-0.3, -0.25) is 4.79 Å². The lowest BCUT2D eigenvalue weighted by Crippen LogP contribution is -2.34. The number of Topliss-reactive ketones (excluding diaryl/α,β-unsaturated/α-hetero) is 1. The summed E-state index contributed by atoms with van der Waals surface area (Å²) in [6.45, 7) is 1.46. The Balaban J connectivity index is 2.80. The van der Waals surface area contributed by atoms with E-state index in [4.69, 9.17) is 0 Å². The van der Waals surface area contributed by atoms with Crippen molar-refractivity contribution < 1.29 is 13.6 Å². The fraction of sp³-hybridized carbons (Fsp3) is 0.364. The largest absolute Gasteiger partial charge is 0.310 e. The molecule has 4 heteroatoms. The van der Waals surface area contributed by atoms with Crippen LogP contribution in [0.5, 0.6) is 0 Å². The Labute approximate surface area is 87.3 Å². The van der Waals surface area contributed by atoms with Crippen LogP contribution in [-0.2, 0) is 11.2 Å². The fourth-order valence-electron chi connectivity index (χ4n) is 1.35. The Morgan fingerprint density at radius 2 is 2.07 bits per heavy atom. The molecular weight excluding hydrogens is 200 g/mol. The van der Waals surface area contributed by atoms with E-state index in [1.807, 2.05) is 0 Å². The Bertz CT molecular complexity index is 366. The number of likely N-dealkylation sites (N-methyl/N-ethyl adjacent to an activating group) is 1. The molecular formula is C11H13F2NO. The Kier molecular flexibility index (Phi) is 3.91. The minimum Gasteiger partial charge on any atom is -0.310 e. The highest BCUT2D eigenvalue weighted by Gasteiger charge is 2.13. The van der Waals surface area contributed by atoms with Gasteiger partial charge in [0.2, 0.25) is 0 Å². The summed E-state index contributed by atoms with van der Waals surface area (Å²) < 4.78 is 25.5. The summed E-state index contributed by atoms with van der Waals surface area (Å²) in [5.41, 5.74) is 0.600. The number of halogens is 2. The van der Waals surface area contributed by atoms with Crippen molar-refractivity contribution >= 4 is 5.78 Å². The molecule has 1 aromatic carbocycles. The molecule has 0 radical (unpaired) electrons. The number of hydrogen-bond donors (Lipinski definition) is 1. The SMILES string of the molecule is CN[C@@H](Cc1ccc(F)c(F)c1)C(C)=O. The van der Waals surface area contributed by atoms with Crippen LogP contribution in [0.2, 0.25) is 0 Å². The number of hydrogen-bond acceptors (Lipinski definition) is 2. The maximum Gasteiger partial charge on any atom is 0.159 e. The van der Waals surface area contributed by atoms with Crippen molar-refractivity contribution in [1.29, 1.82) is 0 Å². The van der Waals surface area contributed by atoms with Gasteiger partial charge in [-0.25, -0.2) is 8.78 Å². The second-order valence-electron chi connectivity index (χ2n) is 3.40. The molecule has 0 saturated carbocycles. The monoisotopic (exact) mass is 213 g/mol. The molecule has 0 spiro atoms. The molecule has 0 aliphatic carbocycles. The predicted octanol–water partition coefficient (Wildman–Crippen LogP) is 1.68. The van der Waals surface area contributed by atoms with Crippen LogP contribution < -0.4 is 5.32 Å². The highest BCUT2D eigenvalue weighted by molar-refractivity contribution is 5.81. The maximum absolute atomic E-state index is 12.9. The van der Waals surface area contributed by atoms with Gasteiger partial charge in [0.25, 0.3) is 0 Å². The molecule has 0 unspecified atom stereocenters. The summed E-state index contributed by atoms with van der Waals surface area (Å²) in [4.78, 5) is 11.1. The molecule has 1 N–H and O–H groups in total. The van der Waals surface area contributed by atoms with Crippen LogP contribution in [0.25, 0.3) is 0 Å². The van der Waals surface area contributed by atoms with E-state index in [1.165, 1.54) is 13.0 Å². The third-order valence-corrected chi connectivity index (χ3v) is 2.26. The third-order valence-electron chi connectivity index (χ3n) is 2.26. The molecule has 0 amide bonds. The molecule has 15 heavy (non-hydrogen) atoms. The summed E-state index contributed by atoms with van der Waals surface area (Å²) >= 11 is 0. The van der Waals surface area contributed by atoms with Gasteiger partial charge in [-0.1, -0.05) is 6.07 Å². The van der Waals surface area contributed by atoms with Crippen LogP contribution in [-0.4, -0.2) is 18.9 Å². The Morgan fingerprint density at radius 3 is 2.53 bits per heavy atom. The predicted molar refractivity (Wildman–Crippen MR) is 53.6 cm³/mol. The molecule has 0 aliphatic heterocycles. The second-order valence-corrected chi connectivity index (χ2v) is 3.40.